The van der Waals surface area contributed by atoms with Crippen LogP contribution in [0.3, 0.4) is 0 Å². The summed E-state index contributed by atoms with van der Waals surface area (Å²) in [6.45, 7) is 4.44. The number of hydrogen-bond acceptors (Lipinski definition) is 5. The molecule has 1 atom stereocenters. The summed E-state index contributed by atoms with van der Waals surface area (Å²) >= 11 is 3.45. The molecule has 1 aromatic carbocycles. The summed E-state index contributed by atoms with van der Waals surface area (Å²) in [5.74, 6) is 0.602. The second-order valence-electron chi connectivity index (χ2n) is 9.07. The van der Waals surface area contributed by atoms with Crippen molar-refractivity contribution in [3.8, 4) is 0 Å². The molecule has 0 saturated carbocycles. The van der Waals surface area contributed by atoms with Gasteiger partial charge in [-0.1, -0.05) is 0 Å². The molecule has 1 saturated heterocycles. The maximum atomic E-state index is 13.5. The van der Waals surface area contributed by atoms with Crippen LogP contribution in [0.1, 0.15) is 33.9 Å². The van der Waals surface area contributed by atoms with E-state index in [0.29, 0.717) is 28.8 Å². The van der Waals surface area contributed by atoms with Gasteiger partial charge in [-0.25, -0.2) is 4.98 Å². The van der Waals surface area contributed by atoms with Crippen LogP contribution >= 0.6 is 15.9 Å². The summed E-state index contributed by atoms with van der Waals surface area (Å²) < 4.78 is 2.90. The molecule has 0 spiro atoms. The van der Waals surface area contributed by atoms with Gasteiger partial charge in [-0.05, 0) is 78.6 Å². The van der Waals surface area contributed by atoms with Crippen molar-refractivity contribution in [2.45, 2.75) is 25.8 Å². The first kappa shape index (κ1) is 20.6. The number of anilines is 1. The summed E-state index contributed by atoms with van der Waals surface area (Å²) in [6.07, 6.45) is 5.14. The lowest BCUT2D eigenvalue weighted by Crippen LogP contribution is -2.30. The Morgan fingerprint density at radius 1 is 1.18 bits per heavy atom. The van der Waals surface area contributed by atoms with Gasteiger partial charge in [-0.2, -0.15) is 5.10 Å². The number of carbonyl (C=O) groups excluding carboxylic acids is 1. The fourth-order valence-corrected chi connectivity index (χ4v) is 5.57. The fraction of sp³-hybridized carbons (Fsp3) is 0.333. The van der Waals surface area contributed by atoms with Gasteiger partial charge in [-0.3, -0.25) is 19.2 Å². The second kappa shape index (κ2) is 7.50. The number of amides is 1. The lowest BCUT2D eigenvalue weighted by atomic mass is 10.0. The van der Waals surface area contributed by atoms with Crippen molar-refractivity contribution in [2.24, 2.45) is 0 Å². The van der Waals surface area contributed by atoms with Crippen LogP contribution in [-0.2, 0) is 6.42 Å². The molecule has 1 unspecified atom stereocenters. The smallest absolute Gasteiger partial charge is 0.259 e. The van der Waals surface area contributed by atoms with Gasteiger partial charge in [0, 0.05) is 34.7 Å². The molecule has 3 aromatic heterocycles. The monoisotopic (exact) mass is 506 g/mol. The molecule has 168 valence electrons. The molecule has 2 aliphatic heterocycles. The van der Waals surface area contributed by atoms with E-state index in [0.717, 1.165) is 52.4 Å². The van der Waals surface area contributed by atoms with Gasteiger partial charge in [0.15, 0.2) is 0 Å². The predicted molar refractivity (Wildman–Crippen MR) is 131 cm³/mol. The molecule has 0 aliphatic carbocycles. The highest BCUT2D eigenvalue weighted by Gasteiger charge is 2.29. The number of likely N-dealkylation sites (tertiary alicyclic amines) is 1. The van der Waals surface area contributed by atoms with E-state index >= 15 is 0 Å². The summed E-state index contributed by atoms with van der Waals surface area (Å²) in [6, 6.07) is 6.05. The molecule has 8 nitrogen and oxygen atoms in total. The number of pyridine rings is 2. The topological polar surface area (TPSA) is 87.1 Å². The molecule has 1 amide bonds. The first-order chi connectivity index (χ1) is 15.9. The molecule has 6 rings (SSSR count). The third kappa shape index (κ3) is 3.21. The van der Waals surface area contributed by atoms with Crippen molar-refractivity contribution in [2.75, 3.05) is 31.6 Å². The van der Waals surface area contributed by atoms with Crippen LogP contribution in [0.2, 0.25) is 0 Å². The van der Waals surface area contributed by atoms with Gasteiger partial charge in [0.2, 0.25) is 0 Å². The highest BCUT2D eigenvalue weighted by Crippen LogP contribution is 2.32. The Kier molecular flexibility index (Phi) is 4.67. The van der Waals surface area contributed by atoms with Crippen molar-refractivity contribution >= 4 is 49.5 Å². The molecular weight excluding hydrogens is 484 g/mol. The third-order valence-corrected chi connectivity index (χ3v) is 7.30. The van der Waals surface area contributed by atoms with E-state index in [9.17, 15) is 9.59 Å². The number of benzene rings is 1. The van der Waals surface area contributed by atoms with Gasteiger partial charge in [-0.15, -0.1) is 0 Å². The van der Waals surface area contributed by atoms with Crippen LogP contribution < -0.4 is 10.5 Å². The number of hydrogen-bond donors (Lipinski definition) is 1. The highest BCUT2D eigenvalue weighted by molar-refractivity contribution is 9.10. The average molecular weight is 507 g/mol. The second-order valence-corrected chi connectivity index (χ2v) is 9.98. The number of nitrogens with zero attached hydrogens (tertiary/aromatic N) is 5. The van der Waals surface area contributed by atoms with Crippen molar-refractivity contribution < 1.29 is 4.79 Å². The molecule has 2 aliphatic rings. The van der Waals surface area contributed by atoms with E-state index in [1.54, 1.807) is 17.3 Å². The SMILES string of the molecule is Cc1cc2c(cc1C(=O)N1CCc3cc(Br)cnc31)[nH]c(=O)c1cnn(C3CCN(C)C3)c12. The quantitative estimate of drug-likeness (QED) is 0.450. The van der Waals surface area contributed by atoms with E-state index in [1.165, 1.54) is 0 Å². The van der Waals surface area contributed by atoms with Crippen LogP contribution in [0.4, 0.5) is 5.82 Å². The number of rotatable bonds is 2. The lowest BCUT2D eigenvalue weighted by Gasteiger charge is -2.19. The summed E-state index contributed by atoms with van der Waals surface area (Å²) in [5.41, 5.74) is 3.79. The van der Waals surface area contributed by atoms with Crippen LogP contribution in [-0.4, -0.2) is 57.2 Å². The number of aryl methyl sites for hydroxylation is 1. The van der Waals surface area contributed by atoms with Gasteiger partial charge in [0.1, 0.15) is 5.82 Å². The van der Waals surface area contributed by atoms with Gasteiger partial charge in [0.25, 0.3) is 11.5 Å². The Labute approximate surface area is 198 Å². The number of likely N-dealkylation sites (N-methyl/N-ethyl adjacent to an activating group) is 1. The summed E-state index contributed by atoms with van der Waals surface area (Å²) in [7, 11) is 2.10. The first-order valence-corrected chi connectivity index (χ1v) is 11.9. The zero-order chi connectivity index (χ0) is 22.9. The predicted octanol–water partition coefficient (Wildman–Crippen LogP) is 3.42. The van der Waals surface area contributed by atoms with Crippen molar-refractivity contribution in [3.63, 3.8) is 0 Å². The minimum atomic E-state index is -0.185. The molecule has 0 radical (unpaired) electrons. The minimum Gasteiger partial charge on any atom is -0.321 e. The molecule has 33 heavy (non-hydrogen) atoms. The van der Waals surface area contributed by atoms with Crippen LogP contribution in [0.25, 0.3) is 21.8 Å². The average Bonchev–Trinajstić information content (AvgIpc) is 3.51. The Morgan fingerprint density at radius 3 is 2.82 bits per heavy atom. The van der Waals surface area contributed by atoms with E-state index < -0.39 is 0 Å². The molecule has 1 N–H and O–H groups in total. The Hall–Kier alpha value is -3.04. The molecular formula is C24H23BrN6O2. The zero-order valence-corrected chi connectivity index (χ0v) is 20.0. The Morgan fingerprint density at radius 2 is 2.03 bits per heavy atom. The number of aromatic amines is 1. The van der Waals surface area contributed by atoms with E-state index in [2.05, 4.69) is 42.9 Å². The minimum absolute atomic E-state index is 0.102. The van der Waals surface area contributed by atoms with Crippen molar-refractivity contribution in [1.29, 1.82) is 0 Å². The van der Waals surface area contributed by atoms with E-state index in [-0.39, 0.29) is 17.5 Å². The van der Waals surface area contributed by atoms with Gasteiger partial charge >= 0.3 is 0 Å². The standard InChI is InChI=1S/C24H23BrN6O2/c1-13-7-18-20(9-17(13)24(33)30-6-3-14-8-15(25)10-26-22(14)30)28-23(32)19-11-27-31(21(18)19)16-4-5-29(2)12-16/h7-11,16H,3-6,12H2,1-2H3,(H,28,32). The molecule has 4 aromatic rings. The maximum Gasteiger partial charge on any atom is 0.259 e. The number of carbonyl (C=O) groups is 1. The number of nitrogens with one attached hydrogen (secondary N) is 1. The van der Waals surface area contributed by atoms with Crippen LogP contribution in [0.5, 0.6) is 0 Å². The largest absolute Gasteiger partial charge is 0.321 e. The lowest BCUT2D eigenvalue weighted by molar-refractivity contribution is 0.0988. The van der Waals surface area contributed by atoms with Crippen molar-refractivity contribution in [3.05, 3.63) is 62.1 Å². The van der Waals surface area contributed by atoms with Gasteiger partial charge < -0.3 is 9.88 Å². The summed E-state index contributed by atoms with van der Waals surface area (Å²) in [5, 5.41) is 6.08. The number of halogens is 1. The zero-order valence-electron chi connectivity index (χ0n) is 18.4. The number of aromatic nitrogens is 4. The first-order valence-electron chi connectivity index (χ1n) is 11.1. The molecule has 1 fully saturated rings. The van der Waals surface area contributed by atoms with Crippen LogP contribution in [0.15, 0.2) is 39.9 Å². The normalized spacial score (nSPS) is 18.5. The Bertz CT molecular complexity index is 1510. The van der Waals surface area contributed by atoms with E-state index in [4.69, 9.17) is 0 Å². The highest BCUT2D eigenvalue weighted by atomic mass is 79.9. The van der Waals surface area contributed by atoms with Crippen molar-refractivity contribution in [1.82, 2.24) is 24.6 Å². The molecule has 5 heterocycles. The Balaban J connectivity index is 1.48. The van der Waals surface area contributed by atoms with E-state index in [1.807, 2.05) is 29.8 Å². The third-order valence-electron chi connectivity index (χ3n) is 6.87. The molecule has 0 bridgehead atoms. The molecule has 9 heteroatoms. The van der Waals surface area contributed by atoms with Gasteiger partial charge in [0.05, 0.1) is 28.7 Å². The summed E-state index contributed by atoms with van der Waals surface area (Å²) in [4.78, 5) is 37.9. The van der Waals surface area contributed by atoms with Crippen LogP contribution in [0, 0.1) is 6.92 Å². The maximum absolute atomic E-state index is 13.5. The number of fused-ring (bicyclic) bond motifs is 4. The fourth-order valence-electron chi connectivity index (χ4n) is 5.19. The number of H-pyrrole nitrogens is 1.